The lowest BCUT2D eigenvalue weighted by Gasteiger charge is -2.21. The van der Waals surface area contributed by atoms with Crippen LogP contribution in [0.25, 0.3) is 0 Å². The average molecular weight is 348 g/mol. The minimum atomic E-state index is -0.0985. The van der Waals surface area contributed by atoms with Crippen molar-refractivity contribution in [1.29, 1.82) is 0 Å². The minimum absolute atomic E-state index is 0.0582. The van der Waals surface area contributed by atoms with Gasteiger partial charge >= 0.3 is 0 Å². The van der Waals surface area contributed by atoms with Crippen molar-refractivity contribution in [3.05, 3.63) is 64.1 Å². The first-order chi connectivity index (χ1) is 9.90. The summed E-state index contributed by atoms with van der Waals surface area (Å²) >= 11 is 3.43. The highest BCUT2D eigenvalue weighted by Gasteiger charge is 2.14. The molecule has 0 aliphatic rings. The van der Waals surface area contributed by atoms with Gasteiger partial charge in [0.05, 0.1) is 12.6 Å². The van der Waals surface area contributed by atoms with E-state index >= 15 is 0 Å². The van der Waals surface area contributed by atoms with E-state index in [2.05, 4.69) is 66.3 Å². The Kier molecular flexibility index (Phi) is 5.07. The fourth-order valence-corrected chi connectivity index (χ4v) is 2.46. The Morgan fingerprint density at radius 2 is 1.57 bits per heavy atom. The molecule has 3 heteroatoms. The Bertz CT molecular complexity index is 570. The van der Waals surface area contributed by atoms with Crippen LogP contribution in [0.2, 0.25) is 0 Å². The topological polar surface area (TPSA) is 32.3 Å². The number of benzene rings is 2. The van der Waals surface area contributed by atoms with Gasteiger partial charge in [-0.3, -0.25) is 0 Å². The molecule has 2 N–H and O–H groups in total. The van der Waals surface area contributed by atoms with E-state index in [0.29, 0.717) is 0 Å². The van der Waals surface area contributed by atoms with Crippen LogP contribution < -0.4 is 5.32 Å². The van der Waals surface area contributed by atoms with E-state index in [1.54, 1.807) is 0 Å². The molecule has 1 atom stereocenters. The summed E-state index contributed by atoms with van der Waals surface area (Å²) in [6.45, 7) is 6.66. The van der Waals surface area contributed by atoms with E-state index in [9.17, 15) is 5.11 Å². The van der Waals surface area contributed by atoms with Crippen LogP contribution in [0.5, 0.6) is 0 Å². The number of rotatable bonds is 4. The number of nitrogens with one attached hydrogen (secondary N) is 1. The van der Waals surface area contributed by atoms with E-state index in [-0.39, 0.29) is 18.1 Å². The van der Waals surface area contributed by atoms with Crippen molar-refractivity contribution in [2.45, 2.75) is 32.2 Å². The highest BCUT2D eigenvalue weighted by atomic mass is 79.9. The summed E-state index contributed by atoms with van der Waals surface area (Å²) in [5.41, 5.74) is 3.54. The fourth-order valence-electron chi connectivity index (χ4n) is 2.20. The molecule has 2 aromatic carbocycles. The lowest BCUT2D eigenvalue weighted by atomic mass is 9.87. The van der Waals surface area contributed by atoms with Crippen molar-refractivity contribution in [3.63, 3.8) is 0 Å². The quantitative estimate of drug-likeness (QED) is 0.824. The summed E-state index contributed by atoms with van der Waals surface area (Å²) in [4.78, 5) is 0. The first-order valence-corrected chi connectivity index (χ1v) is 7.93. The first kappa shape index (κ1) is 16.1. The highest BCUT2D eigenvalue weighted by molar-refractivity contribution is 9.10. The second-order valence-corrected chi connectivity index (χ2v) is 7.17. The Morgan fingerprint density at radius 1 is 1.00 bits per heavy atom. The minimum Gasteiger partial charge on any atom is -0.394 e. The molecule has 0 heterocycles. The SMILES string of the molecule is CC(C)(C)c1ccc(NC(CO)c2ccc(Br)cc2)cc1. The Balaban J connectivity index is 2.13. The molecule has 0 aliphatic heterocycles. The van der Waals surface area contributed by atoms with E-state index in [1.165, 1.54) is 5.56 Å². The Labute approximate surface area is 135 Å². The lowest BCUT2D eigenvalue weighted by Crippen LogP contribution is -2.15. The van der Waals surface area contributed by atoms with E-state index in [4.69, 9.17) is 0 Å². The fraction of sp³-hybridized carbons (Fsp3) is 0.333. The number of halogens is 1. The molecule has 0 bridgehead atoms. The normalized spacial score (nSPS) is 13.0. The van der Waals surface area contributed by atoms with Crippen molar-refractivity contribution < 1.29 is 5.11 Å². The van der Waals surface area contributed by atoms with Gasteiger partial charge in [0.15, 0.2) is 0 Å². The van der Waals surface area contributed by atoms with Crippen LogP contribution in [0.1, 0.15) is 37.9 Å². The van der Waals surface area contributed by atoms with Crippen LogP contribution >= 0.6 is 15.9 Å². The second-order valence-electron chi connectivity index (χ2n) is 6.26. The van der Waals surface area contributed by atoms with Crippen LogP contribution in [0.3, 0.4) is 0 Å². The van der Waals surface area contributed by atoms with Crippen molar-refractivity contribution >= 4 is 21.6 Å². The molecule has 112 valence electrons. The van der Waals surface area contributed by atoms with Crippen LogP contribution in [0.4, 0.5) is 5.69 Å². The number of aliphatic hydroxyl groups is 1. The molecule has 0 amide bonds. The van der Waals surface area contributed by atoms with E-state index in [1.807, 2.05) is 24.3 Å². The largest absolute Gasteiger partial charge is 0.394 e. The molecular weight excluding hydrogens is 326 g/mol. The Morgan fingerprint density at radius 3 is 2.05 bits per heavy atom. The maximum Gasteiger partial charge on any atom is 0.0745 e. The summed E-state index contributed by atoms with van der Waals surface area (Å²) in [6, 6.07) is 16.3. The van der Waals surface area contributed by atoms with Crippen LogP contribution in [0.15, 0.2) is 53.0 Å². The summed E-state index contributed by atoms with van der Waals surface area (Å²) in [6.07, 6.45) is 0. The van der Waals surface area contributed by atoms with Gasteiger partial charge in [-0.15, -0.1) is 0 Å². The summed E-state index contributed by atoms with van der Waals surface area (Å²) < 4.78 is 1.04. The molecule has 0 saturated carbocycles. The van der Waals surface area contributed by atoms with Crippen molar-refractivity contribution in [1.82, 2.24) is 0 Å². The molecule has 0 spiro atoms. The highest BCUT2D eigenvalue weighted by Crippen LogP contribution is 2.26. The van der Waals surface area contributed by atoms with Gasteiger partial charge in [-0.25, -0.2) is 0 Å². The van der Waals surface area contributed by atoms with Crippen LogP contribution in [-0.2, 0) is 5.41 Å². The van der Waals surface area contributed by atoms with Crippen molar-refractivity contribution in [3.8, 4) is 0 Å². The molecule has 2 aromatic rings. The molecule has 0 aliphatic carbocycles. The van der Waals surface area contributed by atoms with Gasteiger partial charge in [0.2, 0.25) is 0 Å². The zero-order chi connectivity index (χ0) is 15.5. The van der Waals surface area contributed by atoms with Gasteiger partial charge in [-0.1, -0.05) is 61.0 Å². The smallest absolute Gasteiger partial charge is 0.0745 e. The Hall–Kier alpha value is -1.32. The van der Waals surface area contributed by atoms with Crippen LogP contribution in [-0.4, -0.2) is 11.7 Å². The van der Waals surface area contributed by atoms with Crippen molar-refractivity contribution in [2.75, 3.05) is 11.9 Å². The molecular formula is C18H22BrNO. The van der Waals surface area contributed by atoms with Crippen molar-refractivity contribution in [2.24, 2.45) is 0 Å². The third-order valence-corrected chi connectivity index (χ3v) is 4.08. The predicted octanol–water partition coefficient (Wildman–Crippen LogP) is 4.89. The van der Waals surface area contributed by atoms with Gasteiger partial charge in [-0.2, -0.15) is 0 Å². The zero-order valence-corrected chi connectivity index (χ0v) is 14.3. The standard InChI is InChI=1S/C18H22BrNO/c1-18(2,3)14-6-10-16(11-7-14)20-17(12-21)13-4-8-15(19)9-5-13/h4-11,17,20-21H,12H2,1-3H3. The number of aliphatic hydroxyl groups excluding tert-OH is 1. The second kappa shape index (κ2) is 6.63. The zero-order valence-electron chi connectivity index (χ0n) is 12.7. The lowest BCUT2D eigenvalue weighted by molar-refractivity contribution is 0.276. The van der Waals surface area contributed by atoms with E-state index < -0.39 is 0 Å². The molecule has 0 aromatic heterocycles. The molecule has 1 unspecified atom stereocenters. The summed E-state index contributed by atoms with van der Waals surface area (Å²) in [5, 5.41) is 13.0. The van der Waals surface area contributed by atoms with Gasteiger partial charge in [0.1, 0.15) is 0 Å². The molecule has 0 radical (unpaired) electrons. The third-order valence-electron chi connectivity index (χ3n) is 3.55. The monoisotopic (exact) mass is 347 g/mol. The van der Waals surface area contributed by atoms with Gasteiger partial charge in [0, 0.05) is 10.2 Å². The maximum atomic E-state index is 9.62. The predicted molar refractivity (Wildman–Crippen MR) is 92.7 cm³/mol. The number of hydrogen-bond acceptors (Lipinski definition) is 2. The average Bonchev–Trinajstić information content (AvgIpc) is 2.45. The van der Waals surface area contributed by atoms with Gasteiger partial charge in [-0.05, 0) is 40.8 Å². The summed E-state index contributed by atoms with van der Waals surface area (Å²) in [5.74, 6) is 0. The molecule has 0 saturated heterocycles. The maximum absolute atomic E-state index is 9.62. The first-order valence-electron chi connectivity index (χ1n) is 7.13. The third kappa shape index (κ3) is 4.32. The van der Waals surface area contributed by atoms with Gasteiger partial charge in [0.25, 0.3) is 0 Å². The molecule has 21 heavy (non-hydrogen) atoms. The van der Waals surface area contributed by atoms with Gasteiger partial charge < -0.3 is 10.4 Å². The summed E-state index contributed by atoms with van der Waals surface area (Å²) in [7, 11) is 0. The molecule has 2 rings (SSSR count). The van der Waals surface area contributed by atoms with Crippen LogP contribution in [0, 0.1) is 0 Å². The van der Waals surface area contributed by atoms with E-state index in [0.717, 1.165) is 15.7 Å². The number of anilines is 1. The molecule has 2 nitrogen and oxygen atoms in total. The molecule has 0 fully saturated rings. The number of hydrogen-bond donors (Lipinski definition) is 2.